The zero-order valence-electron chi connectivity index (χ0n) is 17.7. The number of amides is 1. The summed E-state index contributed by atoms with van der Waals surface area (Å²) in [7, 11) is 1.33. The average Bonchev–Trinajstić information content (AvgIpc) is 3.11. The summed E-state index contributed by atoms with van der Waals surface area (Å²) in [4.78, 5) is 27.4. The summed E-state index contributed by atoms with van der Waals surface area (Å²) in [6, 6.07) is 4.03. The van der Waals surface area contributed by atoms with Gasteiger partial charge in [-0.1, -0.05) is 0 Å². The molecule has 0 unspecified atom stereocenters. The standard InChI is InChI=1S/C23H26F2N2O4/c1-14-3-6-26(12-15-4-7-31-8-5-15)23(29)22(14)27-13-16(9-20(27)28)21-18(24)10-17(30-2)11-19(21)25/h3,6,10-11,15-16H,4-5,7-9,12-13H2,1-2H3/t16-/m0/s1. The predicted octanol–water partition coefficient (Wildman–Crippen LogP) is 3.39. The van der Waals surface area contributed by atoms with Gasteiger partial charge in [-0.2, -0.15) is 0 Å². The first kappa shape index (κ1) is 21.5. The number of ether oxygens (including phenoxy) is 2. The van der Waals surface area contributed by atoms with Gasteiger partial charge in [-0.05, 0) is 37.3 Å². The van der Waals surface area contributed by atoms with Gasteiger partial charge < -0.3 is 18.9 Å². The molecule has 0 N–H and O–H groups in total. The molecule has 1 atom stereocenters. The lowest BCUT2D eigenvalue weighted by Crippen LogP contribution is -2.35. The third-order valence-electron chi connectivity index (χ3n) is 6.23. The van der Waals surface area contributed by atoms with E-state index in [-0.39, 0.29) is 41.4 Å². The predicted molar refractivity (Wildman–Crippen MR) is 112 cm³/mol. The Morgan fingerprint density at radius 1 is 1.16 bits per heavy atom. The first-order chi connectivity index (χ1) is 14.9. The fourth-order valence-corrected chi connectivity index (χ4v) is 4.52. The molecule has 1 amide bonds. The van der Waals surface area contributed by atoms with Crippen molar-refractivity contribution in [2.75, 3.05) is 31.8 Å². The zero-order chi connectivity index (χ0) is 22.1. The number of hydrogen-bond acceptors (Lipinski definition) is 4. The van der Waals surface area contributed by atoms with Crippen LogP contribution in [0, 0.1) is 24.5 Å². The van der Waals surface area contributed by atoms with Gasteiger partial charge in [-0.25, -0.2) is 8.78 Å². The number of methoxy groups -OCH3 is 1. The molecule has 0 radical (unpaired) electrons. The molecule has 2 aromatic rings. The number of hydrogen-bond donors (Lipinski definition) is 0. The molecular weight excluding hydrogens is 406 g/mol. The van der Waals surface area contributed by atoms with Crippen LogP contribution in [0.1, 0.15) is 36.3 Å². The lowest BCUT2D eigenvalue weighted by atomic mass is 9.97. The first-order valence-corrected chi connectivity index (χ1v) is 10.5. The average molecular weight is 432 g/mol. The Labute approximate surface area is 179 Å². The number of rotatable bonds is 5. The van der Waals surface area contributed by atoms with Crippen molar-refractivity contribution in [3.63, 3.8) is 0 Å². The zero-order valence-corrected chi connectivity index (χ0v) is 17.7. The molecule has 0 bridgehead atoms. The number of carbonyl (C=O) groups excluding carboxylic acids is 1. The highest BCUT2D eigenvalue weighted by Crippen LogP contribution is 2.36. The molecule has 2 saturated heterocycles. The Morgan fingerprint density at radius 3 is 2.48 bits per heavy atom. The summed E-state index contributed by atoms with van der Waals surface area (Å²) in [6.07, 6.45) is 3.46. The van der Waals surface area contributed by atoms with Crippen molar-refractivity contribution in [1.29, 1.82) is 0 Å². The van der Waals surface area contributed by atoms with Crippen molar-refractivity contribution in [2.45, 2.75) is 38.6 Å². The SMILES string of the molecule is COc1cc(F)c([C@H]2CC(=O)N(c3c(C)ccn(CC4CCOCC4)c3=O)C2)c(F)c1. The van der Waals surface area contributed by atoms with E-state index in [2.05, 4.69) is 0 Å². The van der Waals surface area contributed by atoms with E-state index in [9.17, 15) is 18.4 Å². The Kier molecular flexibility index (Phi) is 6.09. The molecule has 4 rings (SSSR count). The maximum absolute atomic E-state index is 14.6. The summed E-state index contributed by atoms with van der Waals surface area (Å²) < 4.78 is 41.0. The molecule has 31 heavy (non-hydrogen) atoms. The first-order valence-electron chi connectivity index (χ1n) is 10.5. The number of anilines is 1. The molecule has 3 heterocycles. The Bertz CT molecular complexity index is 1020. The number of halogens is 2. The largest absolute Gasteiger partial charge is 0.497 e. The summed E-state index contributed by atoms with van der Waals surface area (Å²) >= 11 is 0. The fraction of sp³-hybridized carbons (Fsp3) is 0.478. The van der Waals surface area contributed by atoms with Crippen LogP contribution in [0.3, 0.4) is 0 Å². The van der Waals surface area contributed by atoms with Crippen molar-refractivity contribution in [2.24, 2.45) is 5.92 Å². The van der Waals surface area contributed by atoms with Crippen LogP contribution in [0.5, 0.6) is 5.75 Å². The Morgan fingerprint density at radius 2 is 1.84 bits per heavy atom. The summed E-state index contributed by atoms with van der Waals surface area (Å²) in [5.74, 6) is -2.08. The number of aryl methyl sites for hydroxylation is 1. The highest BCUT2D eigenvalue weighted by atomic mass is 19.1. The smallest absolute Gasteiger partial charge is 0.274 e. The van der Waals surface area contributed by atoms with Gasteiger partial charge in [-0.3, -0.25) is 9.59 Å². The highest BCUT2D eigenvalue weighted by molar-refractivity contribution is 5.97. The van der Waals surface area contributed by atoms with Crippen LogP contribution >= 0.6 is 0 Å². The summed E-state index contributed by atoms with van der Waals surface area (Å²) in [6.45, 7) is 3.75. The Balaban J connectivity index is 1.62. The molecule has 166 valence electrons. The molecule has 1 aromatic heterocycles. The van der Waals surface area contributed by atoms with Crippen molar-refractivity contribution in [3.8, 4) is 5.75 Å². The quantitative estimate of drug-likeness (QED) is 0.727. The van der Waals surface area contributed by atoms with Gasteiger partial charge >= 0.3 is 0 Å². The summed E-state index contributed by atoms with van der Waals surface area (Å²) in [5.41, 5.74) is 0.554. The van der Waals surface area contributed by atoms with Crippen LogP contribution in [0.4, 0.5) is 14.5 Å². The van der Waals surface area contributed by atoms with E-state index >= 15 is 0 Å². The van der Waals surface area contributed by atoms with E-state index in [0.717, 1.165) is 25.0 Å². The minimum Gasteiger partial charge on any atom is -0.497 e. The molecule has 0 spiro atoms. The molecule has 1 aromatic carbocycles. The van der Waals surface area contributed by atoms with E-state index < -0.39 is 17.6 Å². The topological polar surface area (TPSA) is 60.8 Å². The van der Waals surface area contributed by atoms with Crippen molar-refractivity contribution in [1.82, 2.24) is 4.57 Å². The van der Waals surface area contributed by atoms with Crippen LogP contribution in [-0.2, 0) is 16.1 Å². The molecule has 0 aliphatic carbocycles. The van der Waals surface area contributed by atoms with E-state index in [4.69, 9.17) is 9.47 Å². The second-order valence-corrected chi connectivity index (χ2v) is 8.27. The molecule has 8 heteroatoms. The van der Waals surface area contributed by atoms with Crippen LogP contribution in [0.15, 0.2) is 29.2 Å². The maximum Gasteiger partial charge on any atom is 0.274 e. The lowest BCUT2D eigenvalue weighted by Gasteiger charge is -2.24. The van der Waals surface area contributed by atoms with Gasteiger partial charge in [0.05, 0.1) is 7.11 Å². The number of aromatic nitrogens is 1. The second-order valence-electron chi connectivity index (χ2n) is 8.27. The minimum atomic E-state index is -0.752. The summed E-state index contributed by atoms with van der Waals surface area (Å²) in [5, 5.41) is 0. The molecule has 2 fully saturated rings. The third-order valence-corrected chi connectivity index (χ3v) is 6.23. The highest BCUT2D eigenvalue weighted by Gasteiger charge is 2.37. The minimum absolute atomic E-state index is 0.0519. The second kappa shape index (κ2) is 8.78. The number of carbonyl (C=O) groups is 1. The van der Waals surface area contributed by atoms with Gasteiger partial charge in [0.1, 0.15) is 23.1 Å². The van der Waals surface area contributed by atoms with Gasteiger partial charge in [0, 0.05) is 62.5 Å². The van der Waals surface area contributed by atoms with E-state index in [1.165, 1.54) is 12.0 Å². The fourth-order valence-electron chi connectivity index (χ4n) is 4.52. The van der Waals surface area contributed by atoms with E-state index in [1.807, 2.05) is 6.07 Å². The van der Waals surface area contributed by atoms with Crippen LogP contribution in [0.25, 0.3) is 0 Å². The number of pyridine rings is 1. The van der Waals surface area contributed by atoms with E-state index in [0.29, 0.717) is 31.2 Å². The number of nitrogens with zero attached hydrogens (tertiary/aromatic N) is 2. The normalized spacial score (nSPS) is 19.8. The molecular formula is C23H26F2N2O4. The maximum atomic E-state index is 14.6. The van der Waals surface area contributed by atoms with Crippen LogP contribution in [-0.4, -0.2) is 37.3 Å². The number of benzene rings is 1. The van der Waals surface area contributed by atoms with Crippen molar-refractivity contribution < 1.29 is 23.0 Å². The van der Waals surface area contributed by atoms with Crippen molar-refractivity contribution >= 4 is 11.6 Å². The molecule has 6 nitrogen and oxygen atoms in total. The van der Waals surface area contributed by atoms with E-state index in [1.54, 1.807) is 17.7 Å². The molecule has 2 aliphatic heterocycles. The van der Waals surface area contributed by atoms with Gasteiger partial charge in [-0.15, -0.1) is 0 Å². The molecule has 2 aliphatic rings. The van der Waals surface area contributed by atoms with Crippen LogP contribution in [0.2, 0.25) is 0 Å². The van der Waals surface area contributed by atoms with Gasteiger partial charge in [0.15, 0.2) is 0 Å². The lowest BCUT2D eigenvalue weighted by molar-refractivity contribution is -0.117. The Hall–Kier alpha value is -2.74. The van der Waals surface area contributed by atoms with Gasteiger partial charge in [0.2, 0.25) is 5.91 Å². The van der Waals surface area contributed by atoms with Crippen molar-refractivity contribution in [3.05, 3.63) is 57.5 Å². The van der Waals surface area contributed by atoms with Gasteiger partial charge in [0.25, 0.3) is 5.56 Å². The van der Waals surface area contributed by atoms with Crippen LogP contribution < -0.4 is 15.2 Å². The third kappa shape index (κ3) is 4.21. The monoisotopic (exact) mass is 432 g/mol. The molecule has 0 saturated carbocycles.